The van der Waals surface area contributed by atoms with E-state index in [9.17, 15) is 4.79 Å². The Bertz CT molecular complexity index is 477. The van der Waals surface area contributed by atoms with E-state index >= 15 is 0 Å². The summed E-state index contributed by atoms with van der Waals surface area (Å²) in [4.78, 5) is 14.1. The van der Waals surface area contributed by atoms with Gasteiger partial charge in [-0.3, -0.25) is 4.79 Å². The van der Waals surface area contributed by atoms with E-state index < -0.39 is 0 Å². The molecule has 0 spiro atoms. The minimum absolute atomic E-state index is 0.152. The fourth-order valence-corrected chi connectivity index (χ4v) is 3.50. The summed E-state index contributed by atoms with van der Waals surface area (Å²) in [5.41, 5.74) is 1.22. The quantitative estimate of drug-likeness (QED) is 0.835. The number of ether oxygens (including phenoxy) is 1. The van der Waals surface area contributed by atoms with Crippen LogP contribution in [0.25, 0.3) is 0 Å². The van der Waals surface area contributed by atoms with Crippen LogP contribution in [0.3, 0.4) is 0 Å². The van der Waals surface area contributed by atoms with E-state index in [2.05, 4.69) is 29.3 Å². The number of piperidine rings is 1. The van der Waals surface area contributed by atoms with E-state index in [-0.39, 0.29) is 11.8 Å². The Morgan fingerprint density at radius 2 is 2.10 bits per heavy atom. The molecule has 4 nitrogen and oxygen atoms in total. The highest BCUT2D eigenvalue weighted by molar-refractivity contribution is 5.79. The molecule has 2 aliphatic rings. The van der Waals surface area contributed by atoms with Crippen LogP contribution in [0.5, 0.6) is 0 Å². The van der Waals surface area contributed by atoms with Crippen LogP contribution in [0.15, 0.2) is 30.3 Å². The van der Waals surface area contributed by atoms with Crippen molar-refractivity contribution in [3.63, 3.8) is 0 Å². The van der Waals surface area contributed by atoms with E-state index in [1.165, 1.54) is 5.56 Å². The molecule has 3 rings (SSSR count). The number of likely N-dealkylation sites (tertiary alicyclic amines) is 1. The summed E-state index contributed by atoms with van der Waals surface area (Å²) in [6, 6.07) is 10.3. The fraction of sp³-hybridized carbons (Fsp3) is 0.588. The van der Waals surface area contributed by atoms with E-state index in [1.54, 1.807) is 0 Å². The minimum atomic E-state index is 0.152. The molecule has 0 aromatic heterocycles. The molecule has 2 saturated heterocycles. The molecule has 2 heterocycles. The van der Waals surface area contributed by atoms with Crippen LogP contribution >= 0.6 is 0 Å². The lowest BCUT2D eigenvalue weighted by Crippen LogP contribution is -2.46. The number of hydrogen-bond donors (Lipinski definition) is 1. The number of fused-ring (bicyclic) bond motifs is 1. The maximum Gasteiger partial charge on any atom is 0.223 e. The molecular weight excluding hydrogens is 264 g/mol. The van der Waals surface area contributed by atoms with Crippen LogP contribution in [-0.2, 0) is 16.1 Å². The Labute approximate surface area is 126 Å². The highest BCUT2D eigenvalue weighted by atomic mass is 16.5. The Balaban J connectivity index is 1.40. The number of amides is 1. The summed E-state index contributed by atoms with van der Waals surface area (Å²) >= 11 is 0. The van der Waals surface area contributed by atoms with Crippen LogP contribution in [0.1, 0.15) is 12.5 Å². The Kier molecular flexibility index (Phi) is 4.56. The highest BCUT2D eigenvalue weighted by Crippen LogP contribution is 2.32. The van der Waals surface area contributed by atoms with Crippen molar-refractivity contribution in [2.75, 3.05) is 32.8 Å². The van der Waals surface area contributed by atoms with Gasteiger partial charge in [-0.1, -0.05) is 37.3 Å². The number of benzene rings is 1. The summed E-state index contributed by atoms with van der Waals surface area (Å²) in [6.07, 6.45) is 0. The van der Waals surface area contributed by atoms with Crippen molar-refractivity contribution < 1.29 is 9.53 Å². The van der Waals surface area contributed by atoms with Crippen molar-refractivity contribution in [1.82, 2.24) is 10.2 Å². The first-order valence-corrected chi connectivity index (χ1v) is 7.86. The van der Waals surface area contributed by atoms with Crippen LogP contribution in [0, 0.1) is 17.8 Å². The van der Waals surface area contributed by atoms with Gasteiger partial charge in [0.1, 0.15) is 0 Å². The molecule has 0 radical (unpaired) electrons. The van der Waals surface area contributed by atoms with Gasteiger partial charge in [-0.25, -0.2) is 0 Å². The van der Waals surface area contributed by atoms with Crippen LogP contribution < -0.4 is 5.32 Å². The third-order valence-electron chi connectivity index (χ3n) is 4.82. The first-order valence-electron chi connectivity index (χ1n) is 7.86. The van der Waals surface area contributed by atoms with E-state index in [0.717, 1.165) is 32.8 Å². The third-order valence-corrected chi connectivity index (χ3v) is 4.82. The smallest absolute Gasteiger partial charge is 0.223 e. The average molecular weight is 288 g/mol. The zero-order valence-corrected chi connectivity index (χ0v) is 12.6. The van der Waals surface area contributed by atoms with Crippen molar-refractivity contribution in [2.45, 2.75) is 13.5 Å². The summed E-state index contributed by atoms with van der Waals surface area (Å²) in [7, 11) is 0. The van der Waals surface area contributed by atoms with Gasteiger partial charge in [-0.2, -0.15) is 0 Å². The monoisotopic (exact) mass is 288 g/mol. The molecule has 1 aromatic rings. The lowest BCUT2D eigenvalue weighted by Gasteiger charge is -2.30. The zero-order chi connectivity index (χ0) is 14.7. The molecule has 0 unspecified atom stereocenters. The zero-order valence-electron chi connectivity index (χ0n) is 12.6. The van der Waals surface area contributed by atoms with Crippen molar-refractivity contribution in [3.05, 3.63) is 35.9 Å². The summed E-state index contributed by atoms with van der Waals surface area (Å²) < 4.78 is 5.76. The number of rotatable bonds is 5. The molecule has 1 aromatic carbocycles. The normalized spacial score (nSPS) is 29.2. The predicted molar refractivity (Wildman–Crippen MR) is 81.7 cm³/mol. The Hall–Kier alpha value is -1.39. The molecule has 0 aliphatic carbocycles. The van der Waals surface area contributed by atoms with Gasteiger partial charge < -0.3 is 15.0 Å². The molecule has 0 bridgehead atoms. The Morgan fingerprint density at radius 3 is 2.90 bits per heavy atom. The molecular formula is C17H24N2O2. The molecule has 2 aliphatic heterocycles. The first-order chi connectivity index (χ1) is 10.2. The van der Waals surface area contributed by atoms with Crippen molar-refractivity contribution in [3.8, 4) is 0 Å². The fourth-order valence-electron chi connectivity index (χ4n) is 3.50. The van der Waals surface area contributed by atoms with Crippen LogP contribution in [0.2, 0.25) is 0 Å². The second-order valence-corrected chi connectivity index (χ2v) is 6.26. The van der Waals surface area contributed by atoms with Crippen LogP contribution in [0.4, 0.5) is 0 Å². The number of hydrogen-bond acceptors (Lipinski definition) is 3. The largest absolute Gasteiger partial charge is 0.375 e. The van der Waals surface area contributed by atoms with Crippen molar-refractivity contribution >= 4 is 5.91 Å². The van der Waals surface area contributed by atoms with Gasteiger partial charge in [0.15, 0.2) is 0 Å². The van der Waals surface area contributed by atoms with Gasteiger partial charge >= 0.3 is 0 Å². The van der Waals surface area contributed by atoms with Gasteiger partial charge in [0, 0.05) is 32.1 Å². The lowest BCUT2D eigenvalue weighted by atomic mass is 9.81. The minimum Gasteiger partial charge on any atom is -0.375 e. The molecule has 21 heavy (non-hydrogen) atoms. The number of carbonyl (C=O) groups excluding carboxylic acids is 1. The third kappa shape index (κ3) is 3.44. The average Bonchev–Trinajstić information content (AvgIpc) is 2.93. The molecule has 114 valence electrons. The summed E-state index contributed by atoms with van der Waals surface area (Å²) in [5.74, 6) is 1.51. The van der Waals surface area contributed by atoms with Gasteiger partial charge in [0.25, 0.3) is 0 Å². The second kappa shape index (κ2) is 6.58. The maximum atomic E-state index is 11.7. The number of nitrogens with one attached hydrogen (secondary N) is 1. The summed E-state index contributed by atoms with van der Waals surface area (Å²) in [5, 5.41) is 3.02. The predicted octanol–water partition coefficient (Wildman–Crippen LogP) is 1.52. The van der Waals surface area contributed by atoms with Gasteiger partial charge in [0.2, 0.25) is 5.91 Å². The highest BCUT2D eigenvalue weighted by Gasteiger charge is 2.41. The summed E-state index contributed by atoms with van der Waals surface area (Å²) in [6.45, 7) is 7.41. The number of carbonyl (C=O) groups is 1. The topological polar surface area (TPSA) is 41.6 Å². The molecule has 2 fully saturated rings. The van der Waals surface area contributed by atoms with E-state index in [4.69, 9.17) is 4.74 Å². The number of nitrogens with zero attached hydrogens (tertiary/aromatic N) is 1. The molecule has 0 saturated carbocycles. The second-order valence-electron chi connectivity index (χ2n) is 6.26. The van der Waals surface area contributed by atoms with Crippen molar-refractivity contribution in [1.29, 1.82) is 0 Å². The van der Waals surface area contributed by atoms with Crippen molar-refractivity contribution in [2.24, 2.45) is 17.8 Å². The molecule has 1 amide bonds. The lowest BCUT2D eigenvalue weighted by molar-refractivity contribution is -0.128. The molecule has 3 atom stereocenters. The Morgan fingerprint density at radius 1 is 1.29 bits per heavy atom. The van der Waals surface area contributed by atoms with Gasteiger partial charge in [-0.15, -0.1) is 0 Å². The molecule has 1 N–H and O–H groups in total. The first kappa shape index (κ1) is 14.5. The van der Waals surface area contributed by atoms with E-state index in [1.807, 2.05) is 18.2 Å². The van der Waals surface area contributed by atoms with Crippen LogP contribution in [-0.4, -0.2) is 43.6 Å². The molecule has 4 heteroatoms. The standard InChI is InChI=1S/C17H24N2O2/c1-13-16-11-19(10-15(16)9-18-17(13)20)7-8-21-12-14-5-3-2-4-6-14/h2-6,13,15-16H,7-12H2,1H3,(H,18,20)/t13-,15-,16-/m1/s1. The van der Waals surface area contributed by atoms with Gasteiger partial charge in [0.05, 0.1) is 13.2 Å². The van der Waals surface area contributed by atoms with E-state index in [0.29, 0.717) is 18.4 Å². The SMILES string of the molecule is C[C@H]1C(=O)NC[C@@H]2CN(CCOCc3ccccc3)C[C@@H]21. The maximum absolute atomic E-state index is 11.7. The van der Waals surface area contributed by atoms with Gasteiger partial charge in [-0.05, 0) is 17.4 Å².